The maximum Gasteiger partial charge on any atom is 0.276 e. The average molecular weight is 420 g/mol. The first-order chi connectivity index (χ1) is 15.6. The largest absolute Gasteiger partial charge is 0.506 e. The van der Waals surface area contributed by atoms with Crippen LogP contribution in [0.3, 0.4) is 0 Å². The lowest BCUT2D eigenvalue weighted by atomic mass is 10.1. The molecule has 0 unspecified atom stereocenters. The number of aryl methyl sites for hydroxylation is 1. The number of carbonyl (C=O) groups excluding carboxylic acids is 1. The Bertz CT molecular complexity index is 1430. The van der Waals surface area contributed by atoms with Gasteiger partial charge in [0.1, 0.15) is 5.75 Å². The standard InChI is InChI=1S/C26H20N4O2/c1-17-12-13-24(31)21(14-17)28-26(32)22-16-25-27-20(18-8-4-2-5-9-18)15-23(30(25)29-22)19-10-6-3-7-11-19/h2-16,31H,1H3,(H,28,32). The molecule has 5 rings (SSSR count). The Morgan fingerprint density at radius 2 is 1.56 bits per heavy atom. The minimum absolute atomic E-state index is 0.00202. The molecule has 0 bridgehead atoms. The zero-order valence-corrected chi connectivity index (χ0v) is 17.4. The van der Waals surface area contributed by atoms with Crippen molar-refractivity contribution in [1.29, 1.82) is 0 Å². The van der Waals surface area contributed by atoms with Crippen LogP contribution in [0.25, 0.3) is 28.2 Å². The summed E-state index contributed by atoms with van der Waals surface area (Å²) in [4.78, 5) is 17.7. The summed E-state index contributed by atoms with van der Waals surface area (Å²) in [6.45, 7) is 1.89. The van der Waals surface area contributed by atoms with Gasteiger partial charge in [0.2, 0.25) is 0 Å². The fraction of sp³-hybridized carbons (Fsp3) is 0.0385. The normalized spacial score (nSPS) is 10.9. The number of anilines is 1. The van der Waals surface area contributed by atoms with Crippen LogP contribution in [-0.4, -0.2) is 25.6 Å². The minimum atomic E-state index is -0.420. The van der Waals surface area contributed by atoms with Crippen LogP contribution in [-0.2, 0) is 0 Å². The fourth-order valence-corrected chi connectivity index (χ4v) is 3.59. The summed E-state index contributed by atoms with van der Waals surface area (Å²) in [5.74, 6) is -0.418. The topological polar surface area (TPSA) is 79.5 Å². The smallest absolute Gasteiger partial charge is 0.276 e. The van der Waals surface area contributed by atoms with E-state index in [0.717, 1.165) is 28.1 Å². The molecule has 0 radical (unpaired) electrons. The van der Waals surface area contributed by atoms with Gasteiger partial charge in [-0.15, -0.1) is 0 Å². The molecule has 0 atom stereocenters. The number of rotatable bonds is 4. The van der Waals surface area contributed by atoms with E-state index in [0.29, 0.717) is 11.3 Å². The van der Waals surface area contributed by atoms with Crippen LogP contribution in [0.2, 0.25) is 0 Å². The van der Waals surface area contributed by atoms with Crippen molar-refractivity contribution in [2.45, 2.75) is 6.92 Å². The Morgan fingerprint density at radius 3 is 2.28 bits per heavy atom. The molecule has 5 aromatic rings. The van der Waals surface area contributed by atoms with E-state index < -0.39 is 5.91 Å². The van der Waals surface area contributed by atoms with Crippen molar-refractivity contribution in [2.24, 2.45) is 0 Å². The van der Waals surface area contributed by atoms with Crippen LogP contribution in [0.1, 0.15) is 16.1 Å². The molecule has 0 aliphatic carbocycles. The van der Waals surface area contributed by atoms with E-state index in [1.54, 1.807) is 28.8 Å². The van der Waals surface area contributed by atoms with E-state index in [1.165, 1.54) is 0 Å². The molecule has 156 valence electrons. The molecule has 2 heterocycles. The number of fused-ring (bicyclic) bond motifs is 1. The molecule has 0 fully saturated rings. The van der Waals surface area contributed by atoms with Crippen molar-refractivity contribution < 1.29 is 9.90 Å². The number of phenolic OH excluding ortho intramolecular Hbond substituents is 1. The highest BCUT2D eigenvalue weighted by Gasteiger charge is 2.17. The lowest BCUT2D eigenvalue weighted by Crippen LogP contribution is -2.13. The third-order valence-corrected chi connectivity index (χ3v) is 5.20. The minimum Gasteiger partial charge on any atom is -0.506 e. The van der Waals surface area contributed by atoms with Gasteiger partial charge in [-0.1, -0.05) is 66.7 Å². The van der Waals surface area contributed by atoms with Crippen LogP contribution >= 0.6 is 0 Å². The maximum absolute atomic E-state index is 12.9. The predicted molar refractivity (Wildman–Crippen MR) is 125 cm³/mol. The highest BCUT2D eigenvalue weighted by atomic mass is 16.3. The summed E-state index contributed by atoms with van der Waals surface area (Å²) in [5.41, 5.74) is 5.59. The van der Waals surface area contributed by atoms with Gasteiger partial charge in [-0.3, -0.25) is 4.79 Å². The molecule has 32 heavy (non-hydrogen) atoms. The summed E-state index contributed by atoms with van der Waals surface area (Å²) in [6, 6.07) is 28.4. The monoisotopic (exact) mass is 420 g/mol. The molecule has 6 nitrogen and oxygen atoms in total. The van der Waals surface area contributed by atoms with Crippen LogP contribution < -0.4 is 5.32 Å². The molecule has 0 aliphatic rings. The number of carbonyl (C=O) groups is 1. The molecular weight excluding hydrogens is 400 g/mol. The zero-order valence-electron chi connectivity index (χ0n) is 17.4. The number of hydrogen-bond acceptors (Lipinski definition) is 4. The first kappa shape index (κ1) is 19.5. The SMILES string of the molecule is Cc1ccc(O)c(NC(=O)c2cc3nc(-c4ccccc4)cc(-c4ccccc4)n3n2)c1. The van der Waals surface area contributed by atoms with Gasteiger partial charge in [-0.05, 0) is 30.7 Å². The van der Waals surface area contributed by atoms with E-state index in [9.17, 15) is 9.90 Å². The van der Waals surface area contributed by atoms with Crippen LogP contribution in [0.15, 0.2) is 91.0 Å². The number of nitrogens with zero attached hydrogens (tertiary/aromatic N) is 3. The van der Waals surface area contributed by atoms with Gasteiger partial charge in [-0.2, -0.15) is 5.10 Å². The van der Waals surface area contributed by atoms with Crippen molar-refractivity contribution in [2.75, 3.05) is 5.32 Å². The van der Waals surface area contributed by atoms with E-state index in [1.807, 2.05) is 73.7 Å². The molecule has 3 aromatic carbocycles. The van der Waals surface area contributed by atoms with E-state index >= 15 is 0 Å². The number of aromatic hydroxyl groups is 1. The highest BCUT2D eigenvalue weighted by molar-refractivity contribution is 6.04. The van der Waals surface area contributed by atoms with Crippen molar-refractivity contribution >= 4 is 17.2 Å². The summed E-state index contributed by atoms with van der Waals surface area (Å²) in [7, 11) is 0. The average Bonchev–Trinajstić information content (AvgIpc) is 3.26. The molecule has 6 heteroatoms. The van der Waals surface area contributed by atoms with E-state index in [-0.39, 0.29) is 11.4 Å². The maximum atomic E-state index is 12.9. The van der Waals surface area contributed by atoms with E-state index in [2.05, 4.69) is 10.4 Å². The van der Waals surface area contributed by atoms with Gasteiger partial charge in [0.15, 0.2) is 11.3 Å². The Morgan fingerprint density at radius 1 is 0.875 bits per heavy atom. The van der Waals surface area contributed by atoms with Gasteiger partial charge in [0, 0.05) is 17.2 Å². The second-order valence-corrected chi connectivity index (χ2v) is 7.53. The van der Waals surface area contributed by atoms with E-state index in [4.69, 9.17) is 4.98 Å². The highest BCUT2D eigenvalue weighted by Crippen LogP contribution is 2.28. The van der Waals surface area contributed by atoms with Crippen molar-refractivity contribution in [3.05, 3.63) is 102 Å². The Kier molecular flexibility index (Phi) is 4.88. The van der Waals surface area contributed by atoms with Gasteiger partial charge >= 0.3 is 0 Å². The van der Waals surface area contributed by atoms with Crippen LogP contribution in [0.5, 0.6) is 5.75 Å². The zero-order chi connectivity index (χ0) is 22.1. The lowest BCUT2D eigenvalue weighted by molar-refractivity contribution is 0.102. The van der Waals surface area contributed by atoms with Gasteiger partial charge < -0.3 is 10.4 Å². The van der Waals surface area contributed by atoms with Crippen molar-refractivity contribution in [3.63, 3.8) is 0 Å². The molecule has 0 aliphatic heterocycles. The third kappa shape index (κ3) is 3.70. The fourth-order valence-electron chi connectivity index (χ4n) is 3.59. The number of benzene rings is 3. The molecule has 0 saturated heterocycles. The first-order valence-electron chi connectivity index (χ1n) is 10.2. The molecule has 0 saturated carbocycles. The van der Waals surface area contributed by atoms with Crippen molar-refractivity contribution in [1.82, 2.24) is 14.6 Å². The lowest BCUT2D eigenvalue weighted by Gasteiger charge is -2.08. The summed E-state index contributed by atoms with van der Waals surface area (Å²) in [5, 5.41) is 17.3. The summed E-state index contributed by atoms with van der Waals surface area (Å²) in [6.07, 6.45) is 0. The second-order valence-electron chi connectivity index (χ2n) is 7.53. The number of aromatic nitrogens is 3. The van der Waals surface area contributed by atoms with Crippen LogP contribution in [0, 0.1) is 6.92 Å². The molecule has 0 spiro atoms. The third-order valence-electron chi connectivity index (χ3n) is 5.20. The quantitative estimate of drug-likeness (QED) is 0.385. The molecule has 2 N–H and O–H groups in total. The summed E-state index contributed by atoms with van der Waals surface area (Å²) < 4.78 is 1.67. The predicted octanol–water partition coefficient (Wildman–Crippen LogP) is 5.33. The number of phenols is 1. The number of amides is 1. The molecular formula is C26H20N4O2. The van der Waals surface area contributed by atoms with Gasteiger partial charge in [-0.25, -0.2) is 9.50 Å². The first-order valence-corrected chi connectivity index (χ1v) is 10.2. The number of hydrogen-bond donors (Lipinski definition) is 2. The summed E-state index contributed by atoms with van der Waals surface area (Å²) >= 11 is 0. The Hall–Kier alpha value is -4.45. The Balaban J connectivity index is 1.62. The van der Waals surface area contributed by atoms with Crippen molar-refractivity contribution in [3.8, 4) is 28.3 Å². The van der Waals surface area contributed by atoms with Crippen LogP contribution in [0.4, 0.5) is 5.69 Å². The Labute approximate surface area is 184 Å². The molecule has 2 aromatic heterocycles. The second kappa shape index (κ2) is 8.00. The van der Waals surface area contributed by atoms with Gasteiger partial charge in [0.05, 0.1) is 17.1 Å². The number of nitrogens with one attached hydrogen (secondary N) is 1. The van der Waals surface area contributed by atoms with Gasteiger partial charge in [0.25, 0.3) is 5.91 Å². The molecule has 1 amide bonds.